The molecule has 2 heterocycles. The normalized spacial score (nSPS) is 10.9. The van der Waals surface area contributed by atoms with Crippen molar-refractivity contribution in [2.45, 2.75) is 24.4 Å². The van der Waals surface area contributed by atoms with Crippen LogP contribution in [0.2, 0.25) is 0 Å². The second-order valence-electron chi connectivity index (χ2n) is 6.55. The SMILES string of the molecule is Cc1cccc(-c2nnc(SCc3ccc([N+](=O)[O-])cc3)n2Cc2ccco2)c1. The zero-order valence-electron chi connectivity index (χ0n) is 15.7. The van der Waals surface area contributed by atoms with E-state index in [1.54, 1.807) is 18.4 Å². The molecule has 0 bridgehead atoms. The van der Waals surface area contributed by atoms with E-state index < -0.39 is 4.92 Å². The second kappa shape index (κ2) is 8.32. The Balaban J connectivity index is 1.61. The highest BCUT2D eigenvalue weighted by atomic mass is 32.2. The maximum atomic E-state index is 10.8. The maximum Gasteiger partial charge on any atom is 0.269 e. The number of furan rings is 1. The Morgan fingerprint density at radius 2 is 1.93 bits per heavy atom. The van der Waals surface area contributed by atoms with Gasteiger partial charge in [0.05, 0.1) is 17.7 Å². The van der Waals surface area contributed by atoms with Crippen LogP contribution in [0, 0.1) is 17.0 Å². The van der Waals surface area contributed by atoms with Gasteiger partial charge < -0.3 is 4.42 Å². The molecule has 0 saturated heterocycles. The summed E-state index contributed by atoms with van der Waals surface area (Å²) in [5.41, 5.74) is 3.20. The van der Waals surface area contributed by atoms with Gasteiger partial charge in [-0.15, -0.1) is 10.2 Å². The summed E-state index contributed by atoms with van der Waals surface area (Å²) in [7, 11) is 0. The largest absolute Gasteiger partial charge is 0.467 e. The number of benzene rings is 2. The monoisotopic (exact) mass is 406 g/mol. The predicted octanol–water partition coefficient (Wildman–Crippen LogP) is 5.10. The van der Waals surface area contributed by atoms with Crippen LogP contribution in [0.1, 0.15) is 16.9 Å². The molecule has 146 valence electrons. The number of nitro groups is 1. The Morgan fingerprint density at radius 1 is 1.10 bits per heavy atom. The van der Waals surface area contributed by atoms with Crippen molar-refractivity contribution in [3.05, 3.63) is 93.9 Å². The topological polar surface area (TPSA) is 87.0 Å². The lowest BCUT2D eigenvalue weighted by molar-refractivity contribution is -0.384. The fourth-order valence-corrected chi connectivity index (χ4v) is 3.85. The molecule has 0 amide bonds. The molecule has 4 rings (SSSR count). The Bertz CT molecular complexity index is 1120. The van der Waals surface area contributed by atoms with E-state index in [9.17, 15) is 10.1 Å². The van der Waals surface area contributed by atoms with Crippen molar-refractivity contribution in [2.24, 2.45) is 0 Å². The number of nitrogens with zero attached hydrogens (tertiary/aromatic N) is 4. The lowest BCUT2D eigenvalue weighted by atomic mass is 10.1. The van der Waals surface area contributed by atoms with Gasteiger partial charge in [-0.25, -0.2) is 0 Å². The van der Waals surface area contributed by atoms with Gasteiger partial charge in [-0.2, -0.15) is 0 Å². The fourth-order valence-electron chi connectivity index (χ4n) is 2.96. The molecule has 0 spiro atoms. The molecule has 7 nitrogen and oxygen atoms in total. The smallest absolute Gasteiger partial charge is 0.269 e. The molecule has 0 N–H and O–H groups in total. The Kier molecular flexibility index (Phi) is 5.44. The number of thioether (sulfide) groups is 1. The van der Waals surface area contributed by atoms with Gasteiger partial charge in [0.1, 0.15) is 5.76 Å². The highest BCUT2D eigenvalue weighted by Crippen LogP contribution is 2.28. The van der Waals surface area contributed by atoms with Crippen LogP contribution in [0.5, 0.6) is 0 Å². The van der Waals surface area contributed by atoms with Gasteiger partial charge in [0.15, 0.2) is 11.0 Å². The third-order valence-corrected chi connectivity index (χ3v) is 5.44. The summed E-state index contributed by atoms with van der Waals surface area (Å²) in [5.74, 6) is 2.22. The number of non-ortho nitro benzene ring substituents is 1. The number of nitro benzene ring substituents is 1. The summed E-state index contributed by atoms with van der Waals surface area (Å²) in [4.78, 5) is 10.4. The lowest BCUT2D eigenvalue weighted by Crippen LogP contribution is -2.03. The molecule has 0 atom stereocenters. The predicted molar refractivity (Wildman–Crippen MR) is 111 cm³/mol. The van der Waals surface area contributed by atoms with Gasteiger partial charge in [0.2, 0.25) is 0 Å². The molecule has 8 heteroatoms. The quantitative estimate of drug-likeness (QED) is 0.241. The molecule has 0 radical (unpaired) electrons. The summed E-state index contributed by atoms with van der Waals surface area (Å²) in [6.45, 7) is 2.56. The van der Waals surface area contributed by atoms with Gasteiger partial charge in [0, 0.05) is 23.4 Å². The zero-order valence-corrected chi connectivity index (χ0v) is 16.5. The molecule has 0 saturated carbocycles. The van der Waals surface area contributed by atoms with E-state index in [0.29, 0.717) is 12.3 Å². The van der Waals surface area contributed by atoms with Gasteiger partial charge in [-0.3, -0.25) is 14.7 Å². The summed E-state index contributed by atoms with van der Waals surface area (Å²) in [6, 6.07) is 18.5. The zero-order chi connectivity index (χ0) is 20.2. The van der Waals surface area contributed by atoms with Crippen molar-refractivity contribution in [3.8, 4) is 11.4 Å². The van der Waals surface area contributed by atoms with Crippen LogP contribution in [0.4, 0.5) is 5.69 Å². The molecule has 0 unspecified atom stereocenters. The molecule has 0 aliphatic heterocycles. The van der Waals surface area contributed by atoms with Gasteiger partial charge in [-0.1, -0.05) is 47.7 Å². The van der Waals surface area contributed by atoms with E-state index >= 15 is 0 Å². The van der Waals surface area contributed by atoms with E-state index in [4.69, 9.17) is 4.42 Å². The van der Waals surface area contributed by atoms with E-state index in [-0.39, 0.29) is 5.69 Å². The molecule has 0 fully saturated rings. The minimum Gasteiger partial charge on any atom is -0.467 e. The van der Waals surface area contributed by atoms with Crippen LogP contribution in [0.15, 0.2) is 76.5 Å². The van der Waals surface area contributed by atoms with Crippen molar-refractivity contribution >= 4 is 17.4 Å². The van der Waals surface area contributed by atoms with Crippen molar-refractivity contribution in [1.82, 2.24) is 14.8 Å². The van der Waals surface area contributed by atoms with Crippen LogP contribution in [-0.4, -0.2) is 19.7 Å². The third kappa shape index (κ3) is 4.38. The number of aryl methyl sites for hydroxylation is 1. The van der Waals surface area contributed by atoms with Crippen LogP contribution < -0.4 is 0 Å². The molecule has 0 aliphatic rings. The highest BCUT2D eigenvalue weighted by Gasteiger charge is 2.16. The second-order valence-corrected chi connectivity index (χ2v) is 7.50. The van der Waals surface area contributed by atoms with Gasteiger partial charge in [-0.05, 0) is 30.7 Å². The first-order valence-corrected chi connectivity index (χ1v) is 9.97. The van der Waals surface area contributed by atoms with Crippen molar-refractivity contribution < 1.29 is 9.34 Å². The molecular weight excluding hydrogens is 388 g/mol. The average Bonchev–Trinajstić information content (AvgIpc) is 3.37. The van der Waals surface area contributed by atoms with Crippen molar-refractivity contribution in [2.75, 3.05) is 0 Å². The molecule has 2 aromatic carbocycles. The molecule has 29 heavy (non-hydrogen) atoms. The molecule has 4 aromatic rings. The van der Waals surface area contributed by atoms with E-state index in [1.165, 1.54) is 23.9 Å². The maximum absolute atomic E-state index is 10.8. The Labute approximate surface area is 171 Å². The fraction of sp³-hybridized carbons (Fsp3) is 0.143. The molecule has 0 aliphatic carbocycles. The average molecular weight is 406 g/mol. The van der Waals surface area contributed by atoms with E-state index in [1.807, 2.05) is 41.8 Å². The first kappa shape index (κ1) is 18.9. The Morgan fingerprint density at radius 3 is 2.62 bits per heavy atom. The number of aromatic nitrogens is 3. The number of rotatable bonds is 7. The summed E-state index contributed by atoms with van der Waals surface area (Å²) in [5, 5.41) is 20.4. The van der Waals surface area contributed by atoms with E-state index in [0.717, 1.165) is 33.4 Å². The van der Waals surface area contributed by atoms with Crippen LogP contribution in [-0.2, 0) is 12.3 Å². The lowest BCUT2D eigenvalue weighted by Gasteiger charge is -2.09. The number of hydrogen-bond donors (Lipinski definition) is 0. The van der Waals surface area contributed by atoms with Crippen LogP contribution in [0.3, 0.4) is 0 Å². The highest BCUT2D eigenvalue weighted by molar-refractivity contribution is 7.98. The molecular formula is C21H18N4O3S. The Hall–Kier alpha value is -3.39. The first-order chi connectivity index (χ1) is 14.1. The minimum atomic E-state index is -0.398. The summed E-state index contributed by atoms with van der Waals surface area (Å²) >= 11 is 1.53. The van der Waals surface area contributed by atoms with Crippen LogP contribution in [0.25, 0.3) is 11.4 Å². The summed E-state index contributed by atoms with van der Waals surface area (Å²) < 4.78 is 7.56. The third-order valence-electron chi connectivity index (χ3n) is 4.40. The standard InChI is InChI=1S/C21H18N4O3S/c1-15-4-2-5-17(12-15)20-22-23-21(24(20)13-19-6-3-11-28-19)29-14-16-7-9-18(10-8-16)25(26)27/h2-12H,13-14H2,1H3. The van der Waals surface area contributed by atoms with Gasteiger partial charge >= 0.3 is 0 Å². The number of hydrogen-bond acceptors (Lipinski definition) is 6. The first-order valence-electron chi connectivity index (χ1n) is 8.99. The van der Waals surface area contributed by atoms with E-state index in [2.05, 4.69) is 16.3 Å². The van der Waals surface area contributed by atoms with Crippen LogP contribution >= 0.6 is 11.8 Å². The molecule has 2 aromatic heterocycles. The van der Waals surface area contributed by atoms with Gasteiger partial charge in [0.25, 0.3) is 5.69 Å². The summed E-state index contributed by atoms with van der Waals surface area (Å²) in [6.07, 6.45) is 1.65. The minimum absolute atomic E-state index is 0.0847. The van der Waals surface area contributed by atoms with Crippen molar-refractivity contribution in [1.29, 1.82) is 0 Å². The van der Waals surface area contributed by atoms with Crippen molar-refractivity contribution in [3.63, 3.8) is 0 Å².